The fraction of sp³-hybridized carbons (Fsp3) is 0. The van der Waals surface area contributed by atoms with Crippen molar-refractivity contribution < 1.29 is 8.83 Å². The van der Waals surface area contributed by atoms with Crippen LogP contribution in [0.5, 0.6) is 0 Å². The first-order chi connectivity index (χ1) is 17.8. The number of rotatable bonds is 3. The highest BCUT2D eigenvalue weighted by Gasteiger charge is 2.18. The van der Waals surface area contributed by atoms with Gasteiger partial charge in [0, 0.05) is 49.4 Å². The number of hydrogen-bond donors (Lipinski definition) is 0. The van der Waals surface area contributed by atoms with E-state index in [9.17, 15) is 0 Å². The molecular formula is C32H19NO2S. The average Bonchev–Trinajstić information content (AvgIpc) is 3.59. The first-order valence-electron chi connectivity index (χ1n) is 11.9. The van der Waals surface area contributed by atoms with Crippen LogP contribution in [0.1, 0.15) is 0 Å². The summed E-state index contributed by atoms with van der Waals surface area (Å²) in [5.74, 6) is 0. The predicted octanol–water partition coefficient (Wildman–Crippen LogP) is 10.2. The van der Waals surface area contributed by atoms with Gasteiger partial charge in [0.05, 0.1) is 4.70 Å². The summed E-state index contributed by atoms with van der Waals surface area (Å²) in [4.78, 5) is 2.27. The number of nitrogens with zero attached hydrogens (tertiary/aromatic N) is 1. The van der Waals surface area contributed by atoms with Crippen LogP contribution in [0.15, 0.2) is 124 Å². The van der Waals surface area contributed by atoms with Crippen molar-refractivity contribution in [1.29, 1.82) is 0 Å². The molecule has 0 N–H and O–H groups in total. The number of para-hydroxylation sites is 2. The molecule has 36 heavy (non-hydrogen) atoms. The average molecular weight is 482 g/mol. The van der Waals surface area contributed by atoms with Gasteiger partial charge < -0.3 is 13.7 Å². The standard InChI is InChI=1S/C32H19NO2S/c1-2-8-20(9-3-1)33(21-15-17-28-26(18-21)23-10-4-6-12-27(23)34-28)22-14-16-24-29(19-22)35-31-25-11-5-7-13-30(25)36-32(24)31/h1-19H. The fourth-order valence-corrected chi connectivity index (χ4v) is 6.37. The Kier molecular flexibility index (Phi) is 4.10. The maximum atomic E-state index is 6.45. The van der Waals surface area contributed by atoms with Gasteiger partial charge in [0.2, 0.25) is 0 Å². The Bertz CT molecular complexity index is 2060. The van der Waals surface area contributed by atoms with Gasteiger partial charge in [0.1, 0.15) is 16.7 Å². The highest BCUT2D eigenvalue weighted by atomic mass is 32.1. The lowest BCUT2D eigenvalue weighted by atomic mass is 10.1. The number of hydrogen-bond acceptors (Lipinski definition) is 4. The second-order valence-corrected chi connectivity index (χ2v) is 10.0. The van der Waals surface area contributed by atoms with Crippen molar-refractivity contribution in [1.82, 2.24) is 0 Å². The van der Waals surface area contributed by atoms with Crippen LogP contribution in [0.2, 0.25) is 0 Å². The molecule has 0 saturated heterocycles. The Morgan fingerprint density at radius 2 is 1.19 bits per heavy atom. The summed E-state index contributed by atoms with van der Waals surface area (Å²) in [5.41, 5.74) is 6.87. The molecule has 170 valence electrons. The second kappa shape index (κ2) is 7.48. The van der Waals surface area contributed by atoms with Crippen molar-refractivity contribution in [3.63, 3.8) is 0 Å². The summed E-state index contributed by atoms with van der Waals surface area (Å²) in [7, 11) is 0. The zero-order valence-corrected chi connectivity index (χ0v) is 20.0. The van der Waals surface area contributed by atoms with Gasteiger partial charge in [-0.05, 0) is 60.7 Å². The van der Waals surface area contributed by atoms with Crippen molar-refractivity contribution in [3.05, 3.63) is 115 Å². The molecule has 0 unspecified atom stereocenters. The molecule has 0 amide bonds. The molecule has 8 rings (SSSR count). The monoisotopic (exact) mass is 481 g/mol. The quantitative estimate of drug-likeness (QED) is 0.251. The highest BCUT2D eigenvalue weighted by molar-refractivity contribution is 7.26. The summed E-state index contributed by atoms with van der Waals surface area (Å²) in [6, 6.07) is 40.0. The van der Waals surface area contributed by atoms with Crippen LogP contribution in [-0.2, 0) is 0 Å². The van der Waals surface area contributed by atoms with Crippen LogP contribution >= 0.6 is 11.3 Å². The van der Waals surface area contributed by atoms with Crippen molar-refractivity contribution in [3.8, 4) is 0 Å². The maximum absolute atomic E-state index is 6.45. The summed E-state index contributed by atoms with van der Waals surface area (Å²) >= 11 is 1.79. The molecule has 0 atom stereocenters. The molecule has 0 aliphatic rings. The second-order valence-electron chi connectivity index (χ2n) is 8.99. The van der Waals surface area contributed by atoms with E-state index in [0.717, 1.165) is 55.6 Å². The lowest BCUT2D eigenvalue weighted by molar-refractivity contribution is 0.669. The van der Waals surface area contributed by atoms with E-state index in [2.05, 4.69) is 102 Å². The summed E-state index contributed by atoms with van der Waals surface area (Å²) in [6.07, 6.45) is 0. The molecule has 0 bridgehead atoms. The van der Waals surface area contributed by atoms with Crippen LogP contribution in [0.4, 0.5) is 17.1 Å². The van der Waals surface area contributed by atoms with E-state index in [-0.39, 0.29) is 0 Å². The molecule has 3 heterocycles. The smallest absolute Gasteiger partial charge is 0.154 e. The summed E-state index contributed by atoms with van der Waals surface area (Å²) in [6.45, 7) is 0. The molecule has 0 aliphatic heterocycles. The van der Waals surface area contributed by atoms with Gasteiger partial charge in [-0.3, -0.25) is 0 Å². The van der Waals surface area contributed by atoms with E-state index in [0.29, 0.717) is 0 Å². The molecule has 8 aromatic rings. The van der Waals surface area contributed by atoms with Crippen LogP contribution in [0, 0.1) is 0 Å². The molecule has 3 aromatic heterocycles. The van der Waals surface area contributed by atoms with E-state index in [4.69, 9.17) is 8.83 Å². The molecule has 0 fully saturated rings. The number of furan rings is 2. The minimum atomic E-state index is 0.890. The molecule has 3 nitrogen and oxygen atoms in total. The highest BCUT2D eigenvalue weighted by Crippen LogP contribution is 2.44. The van der Waals surface area contributed by atoms with Crippen LogP contribution in [0.3, 0.4) is 0 Å². The predicted molar refractivity (Wildman–Crippen MR) is 151 cm³/mol. The lowest BCUT2D eigenvalue weighted by Gasteiger charge is -2.25. The number of thiophene rings is 1. The molecule has 0 aliphatic carbocycles. The largest absolute Gasteiger partial charge is 0.456 e. The van der Waals surface area contributed by atoms with Gasteiger partial charge in [-0.25, -0.2) is 0 Å². The number of benzene rings is 5. The third kappa shape index (κ3) is 2.85. The molecule has 0 spiro atoms. The van der Waals surface area contributed by atoms with E-state index in [1.165, 1.54) is 14.8 Å². The minimum Gasteiger partial charge on any atom is -0.456 e. The van der Waals surface area contributed by atoms with E-state index < -0.39 is 0 Å². The van der Waals surface area contributed by atoms with Crippen LogP contribution < -0.4 is 4.90 Å². The molecule has 5 aromatic carbocycles. The third-order valence-corrected chi connectivity index (χ3v) is 8.05. The minimum absolute atomic E-state index is 0.890. The van der Waals surface area contributed by atoms with E-state index >= 15 is 0 Å². The van der Waals surface area contributed by atoms with Crippen molar-refractivity contribution >= 4 is 81.7 Å². The Morgan fingerprint density at radius 1 is 0.472 bits per heavy atom. The number of fused-ring (bicyclic) bond motifs is 8. The zero-order chi connectivity index (χ0) is 23.6. The molecule has 0 radical (unpaired) electrons. The van der Waals surface area contributed by atoms with Gasteiger partial charge >= 0.3 is 0 Å². The van der Waals surface area contributed by atoms with Crippen molar-refractivity contribution in [2.24, 2.45) is 0 Å². The first kappa shape index (κ1) is 19.7. The third-order valence-electron chi connectivity index (χ3n) is 6.86. The summed E-state index contributed by atoms with van der Waals surface area (Å²) in [5, 5.41) is 4.55. The lowest BCUT2D eigenvalue weighted by Crippen LogP contribution is -2.09. The summed E-state index contributed by atoms with van der Waals surface area (Å²) < 4.78 is 15.0. The SMILES string of the molecule is c1ccc(N(c2ccc3c(c2)oc2c4ccccc4sc32)c2ccc3oc4ccccc4c3c2)cc1. The Labute approximate surface area is 210 Å². The van der Waals surface area contributed by atoms with Crippen molar-refractivity contribution in [2.75, 3.05) is 4.90 Å². The van der Waals surface area contributed by atoms with E-state index in [1.807, 2.05) is 18.2 Å². The Morgan fingerprint density at radius 3 is 2.11 bits per heavy atom. The van der Waals surface area contributed by atoms with Gasteiger partial charge in [-0.15, -0.1) is 11.3 Å². The van der Waals surface area contributed by atoms with E-state index in [1.54, 1.807) is 11.3 Å². The van der Waals surface area contributed by atoms with Crippen LogP contribution in [-0.4, -0.2) is 0 Å². The van der Waals surface area contributed by atoms with Gasteiger partial charge in [-0.1, -0.05) is 48.5 Å². The van der Waals surface area contributed by atoms with Crippen molar-refractivity contribution in [2.45, 2.75) is 0 Å². The Hall–Kier alpha value is -4.54. The molecule has 0 saturated carbocycles. The van der Waals surface area contributed by atoms with Gasteiger partial charge in [-0.2, -0.15) is 0 Å². The fourth-order valence-electron chi connectivity index (χ4n) is 5.21. The Balaban J connectivity index is 1.35. The first-order valence-corrected chi connectivity index (χ1v) is 12.8. The number of anilines is 3. The van der Waals surface area contributed by atoms with Crippen LogP contribution in [0.25, 0.3) is 53.3 Å². The van der Waals surface area contributed by atoms with Gasteiger partial charge in [0.15, 0.2) is 5.58 Å². The molecular weight excluding hydrogens is 462 g/mol. The zero-order valence-electron chi connectivity index (χ0n) is 19.1. The molecule has 4 heteroatoms. The topological polar surface area (TPSA) is 29.5 Å². The van der Waals surface area contributed by atoms with Gasteiger partial charge in [0.25, 0.3) is 0 Å². The maximum Gasteiger partial charge on any atom is 0.154 e. The normalized spacial score (nSPS) is 11.9.